The van der Waals surface area contributed by atoms with E-state index in [9.17, 15) is 4.79 Å². The second kappa shape index (κ2) is 10.9. The van der Waals surface area contributed by atoms with Crippen molar-refractivity contribution in [1.29, 1.82) is 0 Å². The number of carbonyl (C=O) groups is 1. The molecule has 0 radical (unpaired) electrons. The van der Waals surface area contributed by atoms with E-state index in [0.29, 0.717) is 24.8 Å². The molecule has 1 amide bonds. The van der Waals surface area contributed by atoms with Gasteiger partial charge in [0.15, 0.2) is 0 Å². The third-order valence-corrected chi connectivity index (χ3v) is 3.93. The summed E-state index contributed by atoms with van der Waals surface area (Å²) in [5, 5.41) is 6.34. The van der Waals surface area contributed by atoms with Crippen molar-refractivity contribution in [3.8, 4) is 0 Å². The summed E-state index contributed by atoms with van der Waals surface area (Å²) in [5.41, 5.74) is 0. The molecule has 1 aromatic rings. The monoisotopic (exact) mass is 336 g/mol. The fraction of sp³-hybridized carbons (Fsp3) is 0.714. The molecular weight excluding hydrogens is 311 g/mol. The minimum Gasteiger partial charge on any atom is -0.356 e. The van der Waals surface area contributed by atoms with E-state index in [-0.39, 0.29) is 30.7 Å². The van der Waals surface area contributed by atoms with E-state index in [1.54, 1.807) is 12.4 Å². The zero-order chi connectivity index (χ0) is 13.5. The summed E-state index contributed by atoms with van der Waals surface area (Å²) >= 11 is 0. The smallest absolute Gasteiger partial charge is 0.220 e. The van der Waals surface area contributed by atoms with Gasteiger partial charge in [-0.2, -0.15) is 0 Å². The largest absolute Gasteiger partial charge is 0.356 e. The molecule has 122 valence electrons. The Morgan fingerprint density at radius 1 is 1.43 bits per heavy atom. The van der Waals surface area contributed by atoms with Crippen LogP contribution >= 0.6 is 24.8 Å². The third-order valence-electron chi connectivity index (χ3n) is 3.93. The molecule has 0 bridgehead atoms. The maximum atomic E-state index is 11.9. The average molecular weight is 337 g/mol. The predicted molar refractivity (Wildman–Crippen MR) is 89.2 cm³/mol. The van der Waals surface area contributed by atoms with Crippen molar-refractivity contribution in [2.24, 2.45) is 11.8 Å². The van der Waals surface area contributed by atoms with Crippen LogP contribution in [0.3, 0.4) is 0 Å². The number of H-pyrrole nitrogens is 1. The van der Waals surface area contributed by atoms with E-state index < -0.39 is 0 Å². The molecule has 1 fully saturated rings. The Labute approximate surface area is 138 Å². The Bertz CT molecular complexity index is 380. The standard InChI is InChI=1S/C14H24N4O.2ClH/c1-11(12-2-5-15-6-3-12)10-14(19)18-7-4-13-16-8-9-17-13;;/h8-9,11-12,15H,2-7,10H2,1H3,(H,16,17)(H,18,19);2*1H. The van der Waals surface area contributed by atoms with Crippen molar-refractivity contribution in [1.82, 2.24) is 20.6 Å². The zero-order valence-electron chi connectivity index (χ0n) is 12.4. The highest BCUT2D eigenvalue weighted by atomic mass is 35.5. The average Bonchev–Trinajstić information content (AvgIpc) is 2.93. The SMILES string of the molecule is CC(CC(=O)NCCc1ncc[nH]1)C1CCNCC1.Cl.Cl. The Morgan fingerprint density at radius 2 is 2.14 bits per heavy atom. The molecule has 7 heteroatoms. The first-order chi connectivity index (χ1) is 9.25. The molecule has 1 aromatic heterocycles. The van der Waals surface area contributed by atoms with Crippen molar-refractivity contribution in [3.63, 3.8) is 0 Å². The molecular formula is C14H26Cl2N4O. The molecule has 1 saturated heterocycles. The van der Waals surface area contributed by atoms with Crippen LogP contribution in [0, 0.1) is 11.8 Å². The number of hydrogen-bond acceptors (Lipinski definition) is 3. The highest BCUT2D eigenvalue weighted by molar-refractivity contribution is 5.85. The highest BCUT2D eigenvalue weighted by Gasteiger charge is 2.21. The van der Waals surface area contributed by atoms with E-state index in [1.165, 1.54) is 12.8 Å². The number of amides is 1. The summed E-state index contributed by atoms with van der Waals surface area (Å²) in [5.74, 6) is 2.26. The van der Waals surface area contributed by atoms with Crippen LogP contribution in [0.1, 0.15) is 32.0 Å². The molecule has 0 saturated carbocycles. The zero-order valence-corrected chi connectivity index (χ0v) is 14.1. The predicted octanol–water partition coefficient (Wildman–Crippen LogP) is 1.94. The van der Waals surface area contributed by atoms with E-state index in [4.69, 9.17) is 0 Å². The summed E-state index contributed by atoms with van der Waals surface area (Å²) in [6, 6.07) is 0. The Morgan fingerprint density at radius 3 is 2.76 bits per heavy atom. The number of rotatable bonds is 6. The third kappa shape index (κ3) is 7.16. The maximum Gasteiger partial charge on any atom is 0.220 e. The van der Waals surface area contributed by atoms with Crippen LogP contribution in [-0.4, -0.2) is 35.5 Å². The van der Waals surface area contributed by atoms with Gasteiger partial charge >= 0.3 is 0 Å². The van der Waals surface area contributed by atoms with Gasteiger partial charge in [0.05, 0.1) is 0 Å². The summed E-state index contributed by atoms with van der Waals surface area (Å²) in [6.45, 7) is 5.04. The van der Waals surface area contributed by atoms with Gasteiger partial charge < -0.3 is 15.6 Å². The fourth-order valence-electron chi connectivity index (χ4n) is 2.70. The van der Waals surface area contributed by atoms with Crippen LogP contribution in [-0.2, 0) is 11.2 Å². The molecule has 1 atom stereocenters. The number of nitrogens with zero attached hydrogens (tertiary/aromatic N) is 1. The lowest BCUT2D eigenvalue weighted by molar-refractivity contribution is -0.122. The van der Waals surface area contributed by atoms with Crippen LogP contribution in [0.5, 0.6) is 0 Å². The number of piperidine rings is 1. The normalized spacial score (nSPS) is 16.4. The van der Waals surface area contributed by atoms with Crippen LogP contribution in [0.2, 0.25) is 0 Å². The van der Waals surface area contributed by atoms with Crippen LogP contribution in [0.15, 0.2) is 12.4 Å². The van der Waals surface area contributed by atoms with Crippen molar-refractivity contribution < 1.29 is 4.79 Å². The number of aromatic amines is 1. The Balaban J connectivity index is 0.00000200. The van der Waals surface area contributed by atoms with E-state index in [2.05, 4.69) is 27.5 Å². The lowest BCUT2D eigenvalue weighted by Gasteiger charge is -2.27. The Hall–Kier alpha value is -0.780. The van der Waals surface area contributed by atoms with E-state index in [1.807, 2.05) is 0 Å². The van der Waals surface area contributed by atoms with Crippen LogP contribution in [0.4, 0.5) is 0 Å². The van der Waals surface area contributed by atoms with Gasteiger partial charge in [0.25, 0.3) is 0 Å². The molecule has 3 N–H and O–H groups in total. The number of imidazole rings is 1. The van der Waals surface area contributed by atoms with Gasteiger partial charge in [0, 0.05) is 31.8 Å². The van der Waals surface area contributed by atoms with Crippen molar-refractivity contribution in [3.05, 3.63) is 18.2 Å². The lowest BCUT2D eigenvalue weighted by atomic mass is 9.84. The van der Waals surface area contributed by atoms with Crippen molar-refractivity contribution in [2.75, 3.05) is 19.6 Å². The molecule has 1 aliphatic rings. The fourth-order valence-corrected chi connectivity index (χ4v) is 2.70. The van der Waals surface area contributed by atoms with Gasteiger partial charge in [-0.3, -0.25) is 4.79 Å². The summed E-state index contributed by atoms with van der Waals surface area (Å²) in [7, 11) is 0. The summed E-state index contributed by atoms with van der Waals surface area (Å²) in [4.78, 5) is 19.0. The molecule has 2 rings (SSSR count). The number of halogens is 2. The first-order valence-corrected chi connectivity index (χ1v) is 7.21. The van der Waals surface area contributed by atoms with Gasteiger partial charge in [-0.1, -0.05) is 6.92 Å². The molecule has 2 heterocycles. The number of carbonyl (C=O) groups excluding carboxylic acids is 1. The highest BCUT2D eigenvalue weighted by Crippen LogP contribution is 2.23. The quantitative estimate of drug-likeness (QED) is 0.743. The van der Waals surface area contributed by atoms with Gasteiger partial charge in [-0.05, 0) is 37.8 Å². The van der Waals surface area contributed by atoms with E-state index >= 15 is 0 Å². The van der Waals surface area contributed by atoms with Gasteiger partial charge in [-0.15, -0.1) is 24.8 Å². The Kier molecular flexibility index (Phi) is 10.5. The molecule has 21 heavy (non-hydrogen) atoms. The maximum absolute atomic E-state index is 11.9. The second-order valence-electron chi connectivity index (χ2n) is 5.40. The van der Waals surface area contributed by atoms with E-state index in [0.717, 1.165) is 25.3 Å². The number of nitrogens with one attached hydrogen (secondary N) is 3. The minimum atomic E-state index is 0. The lowest BCUT2D eigenvalue weighted by Crippen LogP contribution is -2.34. The second-order valence-corrected chi connectivity index (χ2v) is 5.40. The van der Waals surface area contributed by atoms with Gasteiger partial charge in [0.2, 0.25) is 5.91 Å². The summed E-state index contributed by atoms with van der Waals surface area (Å²) < 4.78 is 0. The molecule has 0 spiro atoms. The molecule has 1 aliphatic heterocycles. The molecule has 0 aliphatic carbocycles. The topological polar surface area (TPSA) is 69.8 Å². The molecule has 1 unspecified atom stereocenters. The van der Waals surface area contributed by atoms with Crippen LogP contribution in [0.25, 0.3) is 0 Å². The van der Waals surface area contributed by atoms with Crippen LogP contribution < -0.4 is 10.6 Å². The summed E-state index contributed by atoms with van der Waals surface area (Å²) in [6.07, 6.45) is 7.33. The van der Waals surface area contributed by atoms with Crippen molar-refractivity contribution in [2.45, 2.75) is 32.6 Å². The van der Waals surface area contributed by atoms with Gasteiger partial charge in [-0.25, -0.2) is 4.98 Å². The molecule has 5 nitrogen and oxygen atoms in total. The first kappa shape index (κ1) is 20.2. The minimum absolute atomic E-state index is 0. The van der Waals surface area contributed by atoms with Crippen molar-refractivity contribution >= 4 is 30.7 Å². The molecule has 0 aromatic carbocycles. The first-order valence-electron chi connectivity index (χ1n) is 7.21. The number of hydrogen-bond donors (Lipinski definition) is 3. The number of aromatic nitrogens is 2. The van der Waals surface area contributed by atoms with Gasteiger partial charge in [0.1, 0.15) is 5.82 Å².